The van der Waals surface area contributed by atoms with Crippen molar-refractivity contribution in [1.82, 2.24) is 5.32 Å². The lowest BCUT2D eigenvalue weighted by atomic mass is 10.2. The minimum Gasteiger partial charge on any atom is -0.385 e. The van der Waals surface area contributed by atoms with E-state index in [9.17, 15) is 4.79 Å². The van der Waals surface area contributed by atoms with Crippen LogP contribution in [0.3, 0.4) is 0 Å². The van der Waals surface area contributed by atoms with Crippen LogP contribution in [0.25, 0.3) is 0 Å². The first-order valence-electron chi connectivity index (χ1n) is 7.15. The zero-order valence-electron chi connectivity index (χ0n) is 11.6. The predicted molar refractivity (Wildman–Crippen MR) is 79.7 cm³/mol. The van der Waals surface area contributed by atoms with Crippen molar-refractivity contribution >= 4 is 17.3 Å². The first-order chi connectivity index (χ1) is 9.29. The Morgan fingerprint density at radius 3 is 2.53 bits per heavy atom. The number of nitrogens with zero attached hydrogens (tertiary/aromatic N) is 1. The lowest BCUT2D eigenvalue weighted by Crippen LogP contribution is -2.24. The third kappa shape index (κ3) is 4.16. The van der Waals surface area contributed by atoms with Crippen LogP contribution in [0.1, 0.15) is 26.2 Å². The molecule has 19 heavy (non-hydrogen) atoms. The number of carbonyl (C=O) groups is 1. The molecule has 1 aliphatic heterocycles. The number of anilines is 2. The van der Waals surface area contributed by atoms with E-state index in [1.807, 2.05) is 6.92 Å². The summed E-state index contributed by atoms with van der Waals surface area (Å²) < 4.78 is 0. The molecule has 2 N–H and O–H groups in total. The van der Waals surface area contributed by atoms with E-state index in [1.54, 1.807) is 0 Å². The molecule has 0 atom stereocenters. The molecule has 4 heteroatoms. The molecule has 104 valence electrons. The average Bonchev–Trinajstić information content (AvgIpc) is 2.94. The maximum absolute atomic E-state index is 11.3. The van der Waals surface area contributed by atoms with Crippen LogP contribution in [0.4, 0.5) is 11.4 Å². The first kappa shape index (κ1) is 13.7. The molecule has 1 saturated heterocycles. The zero-order chi connectivity index (χ0) is 13.5. The van der Waals surface area contributed by atoms with E-state index in [-0.39, 0.29) is 5.91 Å². The minimum absolute atomic E-state index is 0.101. The smallest absolute Gasteiger partial charge is 0.221 e. The zero-order valence-corrected chi connectivity index (χ0v) is 11.6. The van der Waals surface area contributed by atoms with Crippen molar-refractivity contribution in [2.24, 2.45) is 0 Å². The van der Waals surface area contributed by atoms with E-state index in [1.165, 1.54) is 31.6 Å². The summed E-state index contributed by atoms with van der Waals surface area (Å²) in [5, 5.41) is 6.06. The molecule has 0 unspecified atom stereocenters. The van der Waals surface area contributed by atoms with Crippen LogP contribution in [0.2, 0.25) is 0 Å². The van der Waals surface area contributed by atoms with Gasteiger partial charge in [0.25, 0.3) is 0 Å². The van der Waals surface area contributed by atoms with Crippen molar-refractivity contribution in [1.29, 1.82) is 0 Å². The molecule has 0 saturated carbocycles. The quantitative estimate of drug-likeness (QED) is 0.825. The Kier molecular flexibility index (Phi) is 5.07. The van der Waals surface area contributed by atoms with Crippen LogP contribution in [-0.4, -0.2) is 32.1 Å². The van der Waals surface area contributed by atoms with E-state index in [0.717, 1.165) is 5.69 Å². The number of nitrogens with one attached hydrogen (secondary N) is 2. The monoisotopic (exact) mass is 261 g/mol. The molecule has 1 amide bonds. The van der Waals surface area contributed by atoms with Crippen molar-refractivity contribution in [3.05, 3.63) is 24.3 Å². The SMILES string of the molecule is CCNC(=O)CCNc1ccc(N2CCCC2)cc1. The summed E-state index contributed by atoms with van der Waals surface area (Å²) in [4.78, 5) is 13.7. The van der Waals surface area contributed by atoms with Crippen molar-refractivity contribution in [3.63, 3.8) is 0 Å². The van der Waals surface area contributed by atoms with E-state index in [2.05, 4.69) is 39.8 Å². The summed E-state index contributed by atoms with van der Waals surface area (Å²) in [6.07, 6.45) is 3.11. The third-order valence-electron chi connectivity index (χ3n) is 3.39. The Labute approximate surface area is 115 Å². The predicted octanol–water partition coefficient (Wildman–Crippen LogP) is 2.22. The lowest BCUT2D eigenvalue weighted by molar-refractivity contribution is -0.120. The topological polar surface area (TPSA) is 44.4 Å². The van der Waals surface area contributed by atoms with Gasteiger partial charge in [0.1, 0.15) is 0 Å². The summed E-state index contributed by atoms with van der Waals surface area (Å²) in [5.41, 5.74) is 2.37. The number of hydrogen-bond acceptors (Lipinski definition) is 3. The minimum atomic E-state index is 0.101. The van der Waals surface area contributed by atoms with Crippen LogP contribution in [-0.2, 0) is 4.79 Å². The number of amides is 1. The Hall–Kier alpha value is -1.71. The second kappa shape index (κ2) is 7.02. The van der Waals surface area contributed by atoms with Crippen molar-refractivity contribution in [2.75, 3.05) is 36.4 Å². The Morgan fingerprint density at radius 1 is 1.21 bits per heavy atom. The molecular weight excluding hydrogens is 238 g/mol. The van der Waals surface area contributed by atoms with Crippen LogP contribution in [0.15, 0.2) is 24.3 Å². The highest BCUT2D eigenvalue weighted by Crippen LogP contribution is 2.21. The van der Waals surface area contributed by atoms with E-state index in [4.69, 9.17) is 0 Å². The van der Waals surface area contributed by atoms with Gasteiger partial charge in [-0.1, -0.05) is 0 Å². The van der Waals surface area contributed by atoms with Gasteiger partial charge in [0, 0.05) is 44.0 Å². The fourth-order valence-corrected chi connectivity index (χ4v) is 2.37. The Morgan fingerprint density at radius 2 is 1.89 bits per heavy atom. The Balaban J connectivity index is 1.77. The standard InChI is InChI=1S/C15H23N3O/c1-2-16-15(19)9-10-17-13-5-7-14(8-6-13)18-11-3-4-12-18/h5-8,17H,2-4,9-12H2,1H3,(H,16,19). The van der Waals surface area contributed by atoms with Crippen LogP contribution < -0.4 is 15.5 Å². The maximum atomic E-state index is 11.3. The molecule has 1 aliphatic rings. The summed E-state index contributed by atoms with van der Waals surface area (Å²) in [5.74, 6) is 0.101. The molecule has 1 fully saturated rings. The largest absolute Gasteiger partial charge is 0.385 e. The van der Waals surface area contributed by atoms with Gasteiger partial charge < -0.3 is 15.5 Å². The van der Waals surface area contributed by atoms with Crippen molar-refractivity contribution < 1.29 is 4.79 Å². The normalized spacial score (nSPS) is 14.5. The van der Waals surface area contributed by atoms with Gasteiger partial charge in [0.2, 0.25) is 5.91 Å². The highest BCUT2D eigenvalue weighted by atomic mass is 16.1. The molecule has 1 aromatic rings. The first-order valence-corrected chi connectivity index (χ1v) is 7.15. The molecule has 1 heterocycles. The second-order valence-corrected chi connectivity index (χ2v) is 4.87. The molecule has 0 spiro atoms. The molecule has 1 aromatic carbocycles. The van der Waals surface area contributed by atoms with Crippen molar-refractivity contribution in [2.45, 2.75) is 26.2 Å². The summed E-state index contributed by atoms with van der Waals surface area (Å²) >= 11 is 0. The van der Waals surface area contributed by atoms with Gasteiger partial charge in [-0.25, -0.2) is 0 Å². The van der Waals surface area contributed by atoms with Crippen molar-refractivity contribution in [3.8, 4) is 0 Å². The van der Waals surface area contributed by atoms with Gasteiger partial charge in [-0.3, -0.25) is 4.79 Å². The number of benzene rings is 1. The van der Waals surface area contributed by atoms with E-state index < -0.39 is 0 Å². The van der Waals surface area contributed by atoms with E-state index in [0.29, 0.717) is 19.5 Å². The molecule has 0 radical (unpaired) electrons. The molecular formula is C15H23N3O. The average molecular weight is 261 g/mol. The molecule has 0 bridgehead atoms. The number of rotatable bonds is 6. The van der Waals surface area contributed by atoms with Gasteiger partial charge in [-0.15, -0.1) is 0 Å². The highest BCUT2D eigenvalue weighted by Gasteiger charge is 2.11. The highest BCUT2D eigenvalue weighted by molar-refractivity contribution is 5.76. The molecule has 2 rings (SSSR count). The third-order valence-corrected chi connectivity index (χ3v) is 3.39. The van der Waals surface area contributed by atoms with Gasteiger partial charge in [-0.2, -0.15) is 0 Å². The molecule has 0 aliphatic carbocycles. The fourth-order valence-electron chi connectivity index (χ4n) is 2.37. The van der Waals surface area contributed by atoms with Gasteiger partial charge in [-0.05, 0) is 44.0 Å². The summed E-state index contributed by atoms with van der Waals surface area (Å²) in [6, 6.07) is 8.48. The Bertz CT molecular complexity index is 396. The summed E-state index contributed by atoms with van der Waals surface area (Å²) in [7, 11) is 0. The summed E-state index contributed by atoms with van der Waals surface area (Å²) in [6.45, 7) is 5.65. The van der Waals surface area contributed by atoms with Gasteiger partial charge >= 0.3 is 0 Å². The van der Waals surface area contributed by atoms with Gasteiger partial charge in [0.15, 0.2) is 0 Å². The number of hydrogen-bond donors (Lipinski definition) is 2. The molecule has 0 aromatic heterocycles. The molecule has 4 nitrogen and oxygen atoms in total. The van der Waals surface area contributed by atoms with Crippen LogP contribution >= 0.6 is 0 Å². The maximum Gasteiger partial charge on any atom is 0.221 e. The van der Waals surface area contributed by atoms with E-state index >= 15 is 0 Å². The second-order valence-electron chi connectivity index (χ2n) is 4.87. The fraction of sp³-hybridized carbons (Fsp3) is 0.533. The van der Waals surface area contributed by atoms with Crippen LogP contribution in [0.5, 0.6) is 0 Å². The van der Waals surface area contributed by atoms with Crippen LogP contribution in [0, 0.1) is 0 Å². The lowest BCUT2D eigenvalue weighted by Gasteiger charge is -2.18. The van der Waals surface area contributed by atoms with Gasteiger partial charge in [0.05, 0.1) is 0 Å². The number of carbonyl (C=O) groups excluding carboxylic acids is 1.